The number of carboxylic acid groups (broad SMARTS) is 1. The molecule has 0 radical (unpaired) electrons. The van der Waals surface area contributed by atoms with Crippen LogP contribution in [0.4, 0.5) is 0 Å². The Kier molecular flexibility index (Phi) is 4.03. The van der Waals surface area contributed by atoms with Gasteiger partial charge in [-0.25, -0.2) is 0 Å². The quantitative estimate of drug-likeness (QED) is 0.835. The summed E-state index contributed by atoms with van der Waals surface area (Å²) in [5, 5.41) is 14.4. The molecule has 1 aromatic rings. The fourth-order valence-corrected chi connectivity index (χ4v) is 3.84. The van der Waals surface area contributed by atoms with Gasteiger partial charge in [0.05, 0.1) is 5.92 Å². The summed E-state index contributed by atoms with van der Waals surface area (Å²) in [6.45, 7) is 4.27. The second-order valence-electron chi connectivity index (χ2n) is 6.34. The number of allylic oxidation sites excluding steroid dienone is 4. The van der Waals surface area contributed by atoms with E-state index in [2.05, 4.69) is 10.3 Å². The molecule has 1 heterocycles. The summed E-state index contributed by atoms with van der Waals surface area (Å²) in [7, 11) is 0. The zero-order valence-corrected chi connectivity index (χ0v) is 13.2. The molecule has 4 atom stereocenters. The second-order valence-corrected chi connectivity index (χ2v) is 6.34. The van der Waals surface area contributed by atoms with Crippen molar-refractivity contribution in [2.75, 3.05) is 0 Å². The molecule has 0 aromatic carbocycles. The number of carboxylic acids is 1. The minimum Gasteiger partial charge on any atom is -0.550 e. The van der Waals surface area contributed by atoms with E-state index in [-0.39, 0.29) is 17.7 Å². The highest BCUT2D eigenvalue weighted by Gasteiger charge is 2.52. The number of nitrogens with one attached hydrogen (secondary N) is 1. The molecule has 1 aromatic heterocycles. The molecule has 2 aliphatic carbocycles. The minimum atomic E-state index is -1.15. The number of nitrogens with zero attached hydrogens (tertiary/aromatic N) is 1. The Balaban J connectivity index is 1.80. The molecule has 23 heavy (non-hydrogen) atoms. The van der Waals surface area contributed by atoms with Crippen molar-refractivity contribution in [1.82, 2.24) is 10.3 Å². The summed E-state index contributed by atoms with van der Waals surface area (Å²) >= 11 is 0. The van der Waals surface area contributed by atoms with Gasteiger partial charge in [0.1, 0.15) is 0 Å². The fraction of sp³-hybridized carbons (Fsp3) is 0.389. The van der Waals surface area contributed by atoms with Gasteiger partial charge < -0.3 is 15.2 Å². The first-order chi connectivity index (χ1) is 11.0. The minimum absolute atomic E-state index is 0.137. The Morgan fingerprint density at radius 1 is 1.22 bits per heavy atom. The molecular formula is C18H19N2O3-. The first kappa shape index (κ1) is 15.5. The SMILES string of the molecule is CC(C)=C1[C@@H]2C=C[C@@H]1[C@@H](C(=O)NCc1cccnc1)[C@H]2C(=O)[O-]. The summed E-state index contributed by atoms with van der Waals surface area (Å²) in [4.78, 5) is 28.2. The summed E-state index contributed by atoms with van der Waals surface area (Å²) in [6.07, 6.45) is 7.21. The Labute approximate surface area is 135 Å². The number of carbonyl (C=O) groups is 2. The molecule has 5 nitrogen and oxygen atoms in total. The van der Waals surface area contributed by atoms with Crippen LogP contribution >= 0.6 is 0 Å². The van der Waals surface area contributed by atoms with E-state index in [4.69, 9.17) is 0 Å². The van der Waals surface area contributed by atoms with E-state index >= 15 is 0 Å². The number of aromatic nitrogens is 1. The van der Waals surface area contributed by atoms with Crippen LogP contribution in [0, 0.1) is 23.7 Å². The number of hydrogen-bond acceptors (Lipinski definition) is 4. The van der Waals surface area contributed by atoms with Crippen LogP contribution in [-0.2, 0) is 16.1 Å². The van der Waals surface area contributed by atoms with Crippen LogP contribution in [0.15, 0.2) is 47.8 Å². The fourth-order valence-electron chi connectivity index (χ4n) is 3.84. The van der Waals surface area contributed by atoms with E-state index in [1.807, 2.05) is 32.1 Å². The molecule has 0 unspecified atom stereocenters. The maximum absolute atomic E-state index is 12.6. The predicted molar refractivity (Wildman–Crippen MR) is 82.6 cm³/mol. The van der Waals surface area contributed by atoms with Crippen LogP contribution < -0.4 is 10.4 Å². The number of hydrogen-bond donors (Lipinski definition) is 1. The molecule has 3 rings (SSSR count). The van der Waals surface area contributed by atoms with Gasteiger partial charge in [-0.2, -0.15) is 0 Å². The average molecular weight is 311 g/mol. The molecule has 1 fully saturated rings. The third kappa shape index (κ3) is 2.67. The lowest BCUT2D eigenvalue weighted by Gasteiger charge is -2.27. The second kappa shape index (κ2) is 5.99. The highest BCUT2D eigenvalue weighted by molar-refractivity contribution is 5.87. The highest BCUT2D eigenvalue weighted by atomic mass is 16.4. The Bertz CT molecular complexity index is 689. The van der Waals surface area contributed by atoms with E-state index in [0.29, 0.717) is 6.54 Å². The Morgan fingerprint density at radius 3 is 2.48 bits per heavy atom. The standard InChI is InChI=1S/C18H20N2O3/c1-10(2)14-12-5-6-13(14)16(18(22)23)15(12)17(21)20-9-11-4-3-7-19-8-11/h3-8,12-13,15-16H,9H2,1-2H3,(H,20,21)(H,22,23)/p-1/t12-,13-,15+,16-/m0/s1. The summed E-state index contributed by atoms with van der Waals surface area (Å²) in [5.74, 6) is -3.13. The monoisotopic (exact) mass is 311 g/mol. The average Bonchev–Trinajstić information content (AvgIpc) is 3.09. The van der Waals surface area contributed by atoms with Gasteiger partial charge in [0.2, 0.25) is 5.91 Å². The summed E-state index contributed by atoms with van der Waals surface area (Å²) in [5.41, 5.74) is 3.02. The first-order valence-corrected chi connectivity index (χ1v) is 7.73. The molecule has 0 spiro atoms. The van der Waals surface area contributed by atoms with Crippen molar-refractivity contribution in [2.45, 2.75) is 20.4 Å². The van der Waals surface area contributed by atoms with Gasteiger partial charge in [0.15, 0.2) is 0 Å². The smallest absolute Gasteiger partial charge is 0.225 e. The van der Waals surface area contributed by atoms with Crippen molar-refractivity contribution in [3.05, 3.63) is 53.4 Å². The van der Waals surface area contributed by atoms with Gasteiger partial charge in [0.25, 0.3) is 0 Å². The van der Waals surface area contributed by atoms with Crippen LogP contribution in [0.1, 0.15) is 19.4 Å². The highest BCUT2D eigenvalue weighted by Crippen LogP contribution is 2.52. The maximum atomic E-state index is 12.6. The van der Waals surface area contributed by atoms with Gasteiger partial charge in [-0.1, -0.05) is 29.4 Å². The van der Waals surface area contributed by atoms with Crippen molar-refractivity contribution in [1.29, 1.82) is 0 Å². The van der Waals surface area contributed by atoms with E-state index in [9.17, 15) is 14.7 Å². The van der Waals surface area contributed by atoms with Crippen LogP contribution in [0.2, 0.25) is 0 Å². The molecule has 2 aliphatic rings. The number of aliphatic carboxylic acids is 1. The zero-order chi connectivity index (χ0) is 16.6. The van der Waals surface area contributed by atoms with Crippen molar-refractivity contribution >= 4 is 11.9 Å². The number of fused-ring (bicyclic) bond motifs is 2. The molecule has 1 N–H and O–H groups in total. The molecule has 5 heteroatoms. The zero-order valence-electron chi connectivity index (χ0n) is 13.2. The molecular weight excluding hydrogens is 292 g/mol. The van der Waals surface area contributed by atoms with E-state index in [1.54, 1.807) is 18.5 Å². The Hall–Kier alpha value is -2.43. The Morgan fingerprint density at radius 2 is 1.91 bits per heavy atom. The van der Waals surface area contributed by atoms with Gasteiger partial charge >= 0.3 is 0 Å². The largest absolute Gasteiger partial charge is 0.550 e. The first-order valence-electron chi connectivity index (χ1n) is 7.73. The van der Waals surface area contributed by atoms with Crippen molar-refractivity contribution in [2.24, 2.45) is 23.7 Å². The number of pyridine rings is 1. The van der Waals surface area contributed by atoms with Crippen LogP contribution in [0.5, 0.6) is 0 Å². The molecule has 0 saturated heterocycles. The van der Waals surface area contributed by atoms with E-state index < -0.39 is 17.8 Å². The van der Waals surface area contributed by atoms with Crippen molar-refractivity contribution < 1.29 is 14.7 Å². The van der Waals surface area contributed by atoms with Gasteiger partial charge in [-0.3, -0.25) is 9.78 Å². The van der Waals surface area contributed by atoms with Crippen molar-refractivity contribution in [3.63, 3.8) is 0 Å². The van der Waals surface area contributed by atoms with Crippen LogP contribution in [0.3, 0.4) is 0 Å². The molecule has 1 amide bonds. The molecule has 2 bridgehead atoms. The van der Waals surface area contributed by atoms with E-state index in [0.717, 1.165) is 16.7 Å². The normalized spacial score (nSPS) is 28.0. The van der Waals surface area contributed by atoms with Gasteiger partial charge in [-0.05, 0) is 25.5 Å². The number of carbonyl (C=O) groups excluding carboxylic acids is 2. The lowest BCUT2D eigenvalue weighted by atomic mass is 9.82. The van der Waals surface area contributed by atoms with Gasteiger partial charge in [-0.15, -0.1) is 0 Å². The number of amides is 1. The van der Waals surface area contributed by atoms with E-state index in [1.165, 1.54) is 0 Å². The lowest BCUT2D eigenvalue weighted by Crippen LogP contribution is -2.44. The van der Waals surface area contributed by atoms with Crippen molar-refractivity contribution in [3.8, 4) is 0 Å². The third-order valence-electron chi connectivity index (χ3n) is 4.75. The van der Waals surface area contributed by atoms with Crippen LogP contribution in [0.25, 0.3) is 0 Å². The molecule has 1 saturated carbocycles. The third-order valence-corrected chi connectivity index (χ3v) is 4.75. The molecule has 0 aliphatic heterocycles. The van der Waals surface area contributed by atoms with Gasteiger partial charge in [0, 0.05) is 42.7 Å². The molecule has 120 valence electrons. The lowest BCUT2D eigenvalue weighted by molar-refractivity contribution is -0.313. The summed E-state index contributed by atoms with van der Waals surface area (Å²) in [6, 6.07) is 3.67. The van der Waals surface area contributed by atoms with Crippen LogP contribution in [-0.4, -0.2) is 16.9 Å². The number of rotatable bonds is 4. The predicted octanol–water partition coefficient (Wildman–Crippen LogP) is 0.832. The summed E-state index contributed by atoms with van der Waals surface area (Å²) < 4.78 is 0. The maximum Gasteiger partial charge on any atom is 0.225 e. The topological polar surface area (TPSA) is 82.1 Å².